The van der Waals surface area contributed by atoms with Crippen LogP contribution < -0.4 is 4.90 Å². The number of para-hydroxylation sites is 1. The van der Waals surface area contributed by atoms with Crippen molar-refractivity contribution in [2.75, 3.05) is 11.4 Å². The molecule has 1 heterocycles. The molecule has 2 unspecified atom stereocenters. The Morgan fingerprint density at radius 1 is 1.03 bits per heavy atom. The summed E-state index contributed by atoms with van der Waals surface area (Å²) >= 11 is 0. The van der Waals surface area contributed by atoms with Gasteiger partial charge in [0, 0.05) is 11.6 Å². The number of fused-ring (bicyclic) bond motifs is 1. The molecule has 1 aliphatic heterocycles. The van der Waals surface area contributed by atoms with E-state index in [0.717, 1.165) is 33.8 Å². The fraction of sp³-hybridized carbons (Fsp3) is 0.464. The fourth-order valence-corrected chi connectivity index (χ4v) is 7.33. The quantitative estimate of drug-likeness (QED) is 0.410. The maximum Gasteiger partial charge on any atom is 0.348 e. The highest BCUT2D eigenvalue weighted by Gasteiger charge is 2.49. The molecule has 2 amide bonds. The van der Waals surface area contributed by atoms with Crippen molar-refractivity contribution in [2.45, 2.75) is 63.7 Å². The van der Waals surface area contributed by atoms with E-state index in [1.165, 1.54) is 0 Å². The summed E-state index contributed by atoms with van der Waals surface area (Å²) in [6.45, 7) is 1.08. The molecule has 0 aromatic heterocycles. The molecule has 9 nitrogen and oxygen atoms in total. The number of nitrogens with zero attached hydrogens (tertiary/aromatic N) is 2. The van der Waals surface area contributed by atoms with Crippen LogP contribution in [0.4, 0.5) is 5.69 Å². The van der Waals surface area contributed by atoms with Crippen molar-refractivity contribution in [3.05, 3.63) is 65.7 Å². The molecule has 1 fully saturated rings. The average molecular weight is 543 g/mol. The molecule has 10 heteroatoms. The monoisotopic (exact) mass is 542 g/mol. The molecule has 0 spiro atoms. The first kappa shape index (κ1) is 28.0. The lowest BCUT2D eigenvalue weighted by Crippen LogP contribution is -2.58. The van der Waals surface area contributed by atoms with Crippen molar-refractivity contribution in [2.24, 2.45) is 11.8 Å². The van der Waals surface area contributed by atoms with Gasteiger partial charge in [0.15, 0.2) is 0 Å². The van der Waals surface area contributed by atoms with Crippen LogP contribution in [0.1, 0.15) is 50.2 Å². The van der Waals surface area contributed by atoms with Gasteiger partial charge in [0.25, 0.3) is 0 Å². The Labute approximate surface area is 222 Å². The van der Waals surface area contributed by atoms with Crippen LogP contribution in [0.3, 0.4) is 0 Å². The molecular formula is C28H35N2O7P. The maximum absolute atomic E-state index is 14.0. The molecule has 38 heavy (non-hydrogen) atoms. The first-order valence-electron chi connectivity index (χ1n) is 13.1. The Bertz CT molecular complexity index is 1210. The Kier molecular flexibility index (Phi) is 8.71. The molecule has 1 saturated carbocycles. The standard InChI is InChI=1S/C28H35N2O7P/c1-19(17-20-9-3-2-4-10-20)28(38(35,36)37)30(26(33)22-12-5-6-13-22)24-16-15-21-11-7-8-14-23(21)29(27(24)34)18-25(31)32/h2-4,7-11,14,19,22,24,28H,5-6,12-13,15-18H2,1H3,(H,31,32)(H2,35,36,37)/t19?,24-,28?/m0/s1. The van der Waals surface area contributed by atoms with Gasteiger partial charge in [-0.25, -0.2) is 0 Å². The number of aliphatic carboxylic acids is 1. The van der Waals surface area contributed by atoms with Crippen LogP contribution in [0.5, 0.6) is 0 Å². The number of rotatable bonds is 9. The Morgan fingerprint density at radius 3 is 2.29 bits per heavy atom. The second-order valence-corrected chi connectivity index (χ2v) is 12.1. The molecule has 4 rings (SSSR count). The van der Waals surface area contributed by atoms with E-state index in [-0.39, 0.29) is 6.42 Å². The van der Waals surface area contributed by atoms with E-state index in [1.807, 2.05) is 36.4 Å². The van der Waals surface area contributed by atoms with Gasteiger partial charge in [0.1, 0.15) is 18.4 Å². The zero-order valence-electron chi connectivity index (χ0n) is 21.5. The van der Waals surface area contributed by atoms with Gasteiger partial charge in [0.05, 0.1) is 0 Å². The molecule has 1 aliphatic carbocycles. The van der Waals surface area contributed by atoms with Gasteiger partial charge in [-0.05, 0) is 55.2 Å². The summed E-state index contributed by atoms with van der Waals surface area (Å²) in [5, 5.41) is 9.60. The third-order valence-corrected chi connectivity index (χ3v) is 9.09. The summed E-state index contributed by atoms with van der Waals surface area (Å²) in [6, 6.07) is 15.0. The van der Waals surface area contributed by atoms with E-state index in [9.17, 15) is 33.8 Å². The molecule has 0 saturated heterocycles. The van der Waals surface area contributed by atoms with Gasteiger partial charge >= 0.3 is 13.6 Å². The van der Waals surface area contributed by atoms with E-state index < -0.39 is 55.6 Å². The fourth-order valence-electron chi connectivity index (χ4n) is 5.97. The van der Waals surface area contributed by atoms with Gasteiger partial charge in [-0.3, -0.25) is 23.8 Å². The lowest BCUT2D eigenvalue weighted by atomic mass is 9.96. The molecule has 2 aromatic carbocycles. The number of aryl methyl sites for hydroxylation is 1. The second-order valence-electron chi connectivity index (χ2n) is 10.4. The number of amides is 2. The summed E-state index contributed by atoms with van der Waals surface area (Å²) in [7, 11) is -4.93. The van der Waals surface area contributed by atoms with Gasteiger partial charge < -0.3 is 19.8 Å². The van der Waals surface area contributed by atoms with Crippen LogP contribution in [0, 0.1) is 11.8 Å². The third-order valence-electron chi connectivity index (χ3n) is 7.65. The summed E-state index contributed by atoms with van der Waals surface area (Å²) in [5.74, 6) is -4.91. The van der Waals surface area contributed by atoms with Gasteiger partial charge in [0.2, 0.25) is 11.8 Å². The Balaban J connectivity index is 1.79. The van der Waals surface area contributed by atoms with Crippen LogP contribution in [-0.4, -0.2) is 55.9 Å². The Morgan fingerprint density at radius 2 is 1.66 bits per heavy atom. The maximum atomic E-state index is 14.0. The smallest absolute Gasteiger partial charge is 0.348 e. The number of carboxylic acids is 1. The number of hydrogen-bond acceptors (Lipinski definition) is 4. The number of benzene rings is 2. The lowest BCUT2D eigenvalue weighted by Gasteiger charge is -2.42. The molecule has 0 radical (unpaired) electrons. The number of carbonyl (C=O) groups excluding carboxylic acids is 2. The average Bonchev–Trinajstić information content (AvgIpc) is 3.37. The van der Waals surface area contributed by atoms with Crippen LogP contribution in [-0.2, 0) is 31.8 Å². The zero-order chi connectivity index (χ0) is 27.4. The molecule has 0 bridgehead atoms. The topological polar surface area (TPSA) is 135 Å². The van der Waals surface area contributed by atoms with Crippen LogP contribution in [0.25, 0.3) is 0 Å². The minimum atomic E-state index is -4.93. The van der Waals surface area contributed by atoms with Crippen molar-refractivity contribution in [3.8, 4) is 0 Å². The van der Waals surface area contributed by atoms with Crippen molar-refractivity contribution in [3.63, 3.8) is 0 Å². The third kappa shape index (κ3) is 6.17. The highest BCUT2D eigenvalue weighted by atomic mass is 31.2. The summed E-state index contributed by atoms with van der Waals surface area (Å²) in [4.78, 5) is 63.5. The van der Waals surface area contributed by atoms with Crippen LogP contribution in [0.2, 0.25) is 0 Å². The predicted molar refractivity (Wildman–Crippen MR) is 142 cm³/mol. The van der Waals surface area contributed by atoms with E-state index in [2.05, 4.69) is 0 Å². The molecule has 3 N–H and O–H groups in total. The molecule has 3 atom stereocenters. The molecule has 204 valence electrons. The largest absolute Gasteiger partial charge is 0.480 e. The van der Waals surface area contributed by atoms with Crippen molar-refractivity contribution < 1.29 is 33.8 Å². The SMILES string of the molecule is CC(Cc1ccccc1)C(N(C(=O)C1CCCC1)[C@H]1CCc2ccccc2N(CC(=O)O)C1=O)P(=O)(O)O. The van der Waals surface area contributed by atoms with Crippen molar-refractivity contribution >= 4 is 31.1 Å². The minimum absolute atomic E-state index is 0.138. The van der Waals surface area contributed by atoms with E-state index in [0.29, 0.717) is 31.4 Å². The Hall–Kier alpha value is -3.00. The van der Waals surface area contributed by atoms with E-state index >= 15 is 0 Å². The molecule has 2 aromatic rings. The first-order valence-corrected chi connectivity index (χ1v) is 14.8. The number of hydrogen-bond donors (Lipinski definition) is 3. The second kappa shape index (κ2) is 11.8. The number of anilines is 1. The van der Waals surface area contributed by atoms with Crippen LogP contribution in [0.15, 0.2) is 54.6 Å². The minimum Gasteiger partial charge on any atom is -0.480 e. The van der Waals surface area contributed by atoms with Crippen molar-refractivity contribution in [1.82, 2.24) is 4.90 Å². The van der Waals surface area contributed by atoms with Gasteiger partial charge in [-0.15, -0.1) is 0 Å². The molecular weight excluding hydrogens is 507 g/mol. The predicted octanol–water partition coefficient (Wildman–Crippen LogP) is 3.82. The van der Waals surface area contributed by atoms with E-state index in [1.54, 1.807) is 25.1 Å². The zero-order valence-corrected chi connectivity index (χ0v) is 22.4. The van der Waals surface area contributed by atoms with E-state index in [4.69, 9.17) is 0 Å². The summed E-state index contributed by atoms with van der Waals surface area (Å²) < 4.78 is 13.1. The summed E-state index contributed by atoms with van der Waals surface area (Å²) in [6.07, 6.45) is 3.65. The lowest BCUT2D eigenvalue weighted by molar-refractivity contribution is -0.145. The highest BCUT2D eigenvalue weighted by Crippen LogP contribution is 2.50. The molecule has 2 aliphatic rings. The van der Waals surface area contributed by atoms with Crippen LogP contribution >= 0.6 is 7.60 Å². The number of carbonyl (C=O) groups is 3. The highest BCUT2D eigenvalue weighted by molar-refractivity contribution is 7.52. The van der Waals surface area contributed by atoms with Crippen molar-refractivity contribution in [1.29, 1.82) is 0 Å². The van der Waals surface area contributed by atoms with Gasteiger partial charge in [-0.1, -0.05) is 68.3 Å². The van der Waals surface area contributed by atoms with Gasteiger partial charge in [-0.2, -0.15) is 0 Å². The summed E-state index contributed by atoms with van der Waals surface area (Å²) in [5.41, 5.74) is 2.06. The normalized spacial score (nSPS) is 19.9. The first-order chi connectivity index (χ1) is 18.1. The number of carboxylic acid groups (broad SMARTS) is 1.